The van der Waals surface area contributed by atoms with Gasteiger partial charge in [0.05, 0.1) is 12.8 Å². The van der Waals surface area contributed by atoms with Gasteiger partial charge >= 0.3 is 25.4 Å². The molecule has 0 spiro atoms. The summed E-state index contributed by atoms with van der Waals surface area (Å²) in [5, 5.41) is 28.6. The van der Waals surface area contributed by atoms with Crippen molar-refractivity contribution in [1.82, 2.24) is 14.5 Å². The third kappa shape index (κ3) is 7.06. The molecule has 15 nitrogen and oxygen atoms in total. The molecule has 5 atom stereocenters. The fourth-order valence-corrected chi connectivity index (χ4v) is 3.84. The third-order valence-electron chi connectivity index (χ3n) is 4.74. The summed E-state index contributed by atoms with van der Waals surface area (Å²) in [5.41, 5.74) is 3.64. The van der Waals surface area contributed by atoms with Crippen LogP contribution >= 0.6 is 7.75 Å². The van der Waals surface area contributed by atoms with Crippen LogP contribution in [0.1, 0.15) is 31.1 Å². The summed E-state index contributed by atoms with van der Waals surface area (Å²) in [6, 6.07) is 0. The van der Waals surface area contributed by atoms with E-state index in [1.807, 2.05) is 4.98 Å². The average molecular weight is 480 g/mol. The number of aryl methyl sites for hydroxylation is 1. The van der Waals surface area contributed by atoms with Crippen molar-refractivity contribution < 1.29 is 43.6 Å². The standard InChI is InChI=1S/C16H25N4O11P/c1-8-7-20(16(27)18-13(8)25)15-10(31-32(17,28)29)6-9(30-15)14(26)19(4-2-11(21)22)5-3-12(23)24/h7,9-10,14-15,26H,2-6H2,1H3,(H,21,22)(H,23,24)(H3,17,28,29)(H,18,25,27)/t9-,10?,14?,15+/m0/s1. The molecule has 0 bridgehead atoms. The number of carboxylic acid groups (broad SMARTS) is 2. The Labute approximate surface area is 180 Å². The fraction of sp³-hybridized carbons (Fsp3) is 0.625. The van der Waals surface area contributed by atoms with Gasteiger partial charge < -0.3 is 24.9 Å². The molecule has 1 aromatic heterocycles. The van der Waals surface area contributed by atoms with Crippen LogP contribution in [0, 0.1) is 6.92 Å². The number of aliphatic carboxylic acids is 2. The maximum absolute atomic E-state index is 12.3. The molecule has 7 N–H and O–H groups in total. The van der Waals surface area contributed by atoms with Crippen LogP contribution in [-0.4, -0.2) is 78.1 Å². The number of hydrogen-bond donors (Lipinski definition) is 6. The minimum absolute atomic E-state index is 0.125. The van der Waals surface area contributed by atoms with E-state index in [1.54, 1.807) is 0 Å². The van der Waals surface area contributed by atoms with Gasteiger partial charge in [-0.1, -0.05) is 0 Å². The molecule has 2 heterocycles. The van der Waals surface area contributed by atoms with Gasteiger partial charge in [-0.05, 0) is 6.92 Å². The largest absolute Gasteiger partial charge is 0.481 e. The molecule has 0 radical (unpaired) electrons. The van der Waals surface area contributed by atoms with Gasteiger partial charge in [-0.2, -0.15) is 0 Å². The normalized spacial score (nSPS) is 23.7. The van der Waals surface area contributed by atoms with E-state index in [4.69, 9.17) is 25.0 Å². The van der Waals surface area contributed by atoms with E-state index < -0.39 is 68.4 Å². The van der Waals surface area contributed by atoms with Crippen LogP contribution < -0.4 is 16.8 Å². The number of aliphatic hydroxyl groups excluding tert-OH is 1. The van der Waals surface area contributed by atoms with Crippen molar-refractivity contribution in [3.8, 4) is 0 Å². The Kier molecular flexibility index (Phi) is 8.47. The molecule has 16 heteroatoms. The number of carboxylic acids is 2. The zero-order valence-corrected chi connectivity index (χ0v) is 17.9. The number of H-pyrrole nitrogens is 1. The molecule has 180 valence electrons. The first-order chi connectivity index (χ1) is 14.8. The molecular weight excluding hydrogens is 455 g/mol. The van der Waals surface area contributed by atoms with E-state index in [9.17, 15) is 33.7 Å². The minimum atomic E-state index is -4.56. The summed E-state index contributed by atoms with van der Waals surface area (Å²) in [6.07, 6.45) is -5.32. The molecular formula is C16H25N4O11P. The molecule has 0 saturated carbocycles. The number of ether oxygens (including phenoxy) is 1. The van der Waals surface area contributed by atoms with Crippen LogP contribution in [0.25, 0.3) is 0 Å². The zero-order chi connectivity index (χ0) is 24.2. The highest BCUT2D eigenvalue weighted by atomic mass is 31.2. The minimum Gasteiger partial charge on any atom is -0.481 e. The van der Waals surface area contributed by atoms with E-state index in [0.717, 1.165) is 15.7 Å². The second-order valence-electron chi connectivity index (χ2n) is 7.22. The third-order valence-corrected chi connectivity index (χ3v) is 5.31. The zero-order valence-electron chi connectivity index (χ0n) is 17.0. The Morgan fingerprint density at radius 1 is 1.34 bits per heavy atom. The van der Waals surface area contributed by atoms with E-state index in [1.165, 1.54) is 6.92 Å². The Morgan fingerprint density at radius 3 is 2.41 bits per heavy atom. The molecule has 1 saturated heterocycles. The highest BCUT2D eigenvalue weighted by Gasteiger charge is 2.45. The van der Waals surface area contributed by atoms with Gasteiger partial charge in [0, 0.05) is 31.3 Å². The van der Waals surface area contributed by atoms with Crippen molar-refractivity contribution in [3.63, 3.8) is 0 Å². The lowest BCUT2D eigenvalue weighted by Gasteiger charge is -2.30. The second kappa shape index (κ2) is 10.5. The Bertz CT molecular complexity index is 984. The van der Waals surface area contributed by atoms with E-state index in [2.05, 4.69) is 0 Å². The van der Waals surface area contributed by atoms with Crippen LogP contribution in [0.15, 0.2) is 15.8 Å². The molecule has 0 aromatic carbocycles. The number of nitrogens with one attached hydrogen (secondary N) is 1. The van der Waals surface area contributed by atoms with Crippen molar-refractivity contribution in [2.75, 3.05) is 13.1 Å². The average Bonchev–Trinajstić information content (AvgIpc) is 3.05. The highest BCUT2D eigenvalue weighted by Crippen LogP contribution is 2.42. The summed E-state index contributed by atoms with van der Waals surface area (Å²) in [6.45, 7) is 0.977. The van der Waals surface area contributed by atoms with Crippen molar-refractivity contribution in [2.24, 2.45) is 5.50 Å². The summed E-state index contributed by atoms with van der Waals surface area (Å²) >= 11 is 0. The predicted octanol–water partition coefficient (Wildman–Crippen LogP) is -1.85. The smallest absolute Gasteiger partial charge is 0.400 e. The van der Waals surface area contributed by atoms with Gasteiger partial charge in [0.2, 0.25) is 0 Å². The second-order valence-corrected chi connectivity index (χ2v) is 8.56. The molecule has 2 rings (SSSR count). The van der Waals surface area contributed by atoms with E-state index in [0.29, 0.717) is 0 Å². The van der Waals surface area contributed by atoms with Gasteiger partial charge in [0.1, 0.15) is 18.4 Å². The molecule has 3 unspecified atom stereocenters. The van der Waals surface area contributed by atoms with E-state index in [-0.39, 0.29) is 25.1 Å². The van der Waals surface area contributed by atoms with Crippen molar-refractivity contribution >= 4 is 19.7 Å². The number of nitrogens with two attached hydrogens (primary N) is 1. The van der Waals surface area contributed by atoms with Gasteiger partial charge in [-0.25, -0.2) is 14.9 Å². The quantitative estimate of drug-likeness (QED) is 0.151. The Hall–Kier alpha value is -2.39. The highest BCUT2D eigenvalue weighted by molar-refractivity contribution is 7.50. The molecule has 1 aromatic rings. The number of carbonyl (C=O) groups is 2. The van der Waals surface area contributed by atoms with E-state index >= 15 is 0 Å². The summed E-state index contributed by atoms with van der Waals surface area (Å²) in [5.74, 6) is -2.35. The summed E-state index contributed by atoms with van der Waals surface area (Å²) < 4.78 is 23.2. The number of aliphatic hydroxyl groups is 1. The molecule has 32 heavy (non-hydrogen) atoms. The van der Waals surface area contributed by atoms with Crippen LogP contribution in [0.2, 0.25) is 0 Å². The number of rotatable bonds is 11. The van der Waals surface area contributed by atoms with Gasteiger partial charge in [-0.3, -0.25) is 33.4 Å². The maximum Gasteiger partial charge on any atom is 0.400 e. The molecule has 0 aliphatic carbocycles. The molecule has 0 amide bonds. The Morgan fingerprint density at radius 2 is 1.91 bits per heavy atom. The lowest BCUT2D eigenvalue weighted by atomic mass is 10.1. The van der Waals surface area contributed by atoms with Crippen LogP contribution in [0.3, 0.4) is 0 Å². The van der Waals surface area contributed by atoms with Crippen molar-refractivity contribution in [1.29, 1.82) is 0 Å². The van der Waals surface area contributed by atoms with Gasteiger partial charge in [0.15, 0.2) is 6.23 Å². The first kappa shape index (κ1) is 25.9. The van der Waals surface area contributed by atoms with Gasteiger partial charge in [0.25, 0.3) is 5.56 Å². The fourth-order valence-electron chi connectivity index (χ4n) is 3.26. The molecule has 1 fully saturated rings. The van der Waals surface area contributed by atoms with Crippen LogP contribution in [-0.2, 0) is 23.4 Å². The SMILES string of the molecule is Cc1cn([C@@H]2O[C@H](C(O)N(CCC(=O)O)CCC(=O)O)CC2OP(N)(=O)O)c(=O)[nH]c1=O. The molecule has 1 aliphatic rings. The lowest BCUT2D eigenvalue weighted by Crippen LogP contribution is -2.45. The van der Waals surface area contributed by atoms with Crippen molar-refractivity contribution in [2.45, 2.75) is 50.8 Å². The van der Waals surface area contributed by atoms with Crippen LogP contribution in [0.5, 0.6) is 0 Å². The predicted molar refractivity (Wildman–Crippen MR) is 106 cm³/mol. The molecule has 1 aliphatic heterocycles. The first-order valence-electron chi connectivity index (χ1n) is 9.41. The Balaban J connectivity index is 2.33. The lowest BCUT2D eigenvalue weighted by molar-refractivity contribution is -0.144. The maximum atomic E-state index is 12.3. The van der Waals surface area contributed by atoms with Crippen molar-refractivity contribution in [3.05, 3.63) is 32.6 Å². The summed E-state index contributed by atoms with van der Waals surface area (Å²) in [4.78, 5) is 58.4. The van der Waals surface area contributed by atoms with Gasteiger partial charge in [-0.15, -0.1) is 0 Å². The monoisotopic (exact) mass is 480 g/mol. The number of nitrogens with zero attached hydrogens (tertiary/aromatic N) is 2. The number of hydrogen-bond acceptors (Lipinski definition) is 9. The number of aromatic nitrogens is 2. The number of aromatic amines is 1. The summed E-state index contributed by atoms with van der Waals surface area (Å²) in [7, 11) is -4.56. The van der Waals surface area contributed by atoms with Crippen LogP contribution in [0.4, 0.5) is 0 Å². The topological polar surface area (TPSA) is 235 Å². The first-order valence-corrected chi connectivity index (χ1v) is 11.1.